The predicted molar refractivity (Wildman–Crippen MR) is 98.3 cm³/mol. The molecule has 0 aliphatic carbocycles. The SMILES string of the molecule is O=C(NCc1ccccc1)c1cccn1-c1nnc(N2CCCC2)s1. The van der Waals surface area contributed by atoms with Crippen molar-refractivity contribution >= 4 is 22.4 Å². The van der Waals surface area contributed by atoms with Gasteiger partial charge in [0.25, 0.3) is 5.91 Å². The van der Waals surface area contributed by atoms with E-state index in [1.54, 1.807) is 10.6 Å². The van der Waals surface area contributed by atoms with Crippen LogP contribution in [0, 0.1) is 0 Å². The molecule has 3 heterocycles. The smallest absolute Gasteiger partial charge is 0.268 e. The van der Waals surface area contributed by atoms with E-state index in [4.69, 9.17) is 0 Å². The molecule has 7 heteroatoms. The van der Waals surface area contributed by atoms with E-state index in [-0.39, 0.29) is 5.91 Å². The molecule has 1 N–H and O–H groups in total. The van der Waals surface area contributed by atoms with E-state index < -0.39 is 0 Å². The van der Waals surface area contributed by atoms with Crippen LogP contribution in [0.2, 0.25) is 0 Å². The summed E-state index contributed by atoms with van der Waals surface area (Å²) in [5, 5.41) is 13.2. The monoisotopic (exact) mass is 353 g/mol. The lowest BCUT2D eigenvalue weighted by Crippen LogP contribution is -2.25. The lowest BCUT2D eigenvalue weighted by Gasteiger charge is -2.11. The highest BCUT2D eigenvalue weighted by molar-refractivity contribution is 7.17. The first kappa shape index (κ1) is 15.8. The van der Waals surface area contributed by atoms with Gasteiger partial charge in [0.15, 0.2) is 0 Å². The summed E-state index contributed by atoms with van der Waals surface area (Å²) in [7, 11) is 0. The first-order chi connectivity index (χ1) is 12.3. The summed E-state index contributed by atoms with van der Waals surface area (Å²) in [5.41, 5.74) is 1.64. The Morgan fingerprint density at radius 1 is 1.04 bits per heavy atom. The van der Waals surface area contributed by atoms with Crippen molar-refractivity contribution in [2.45, 2.75) is 19.4 Å². The van der Waals surface area contributed by atoms with E-state index in [2.05, 4.69) is 20.4 Å². The molecule has 1 aromatic carbocycles. The second-order valence-corrected chi connectivity index (χ2v) is 6.93. The fourth-order valence-electron chi connectivity index (χ4n) is 2.94. The maximum atomic E-state index is 12.6. The van der Waals surface area contributed by atoms with Gasteiger partial charge in [-0.2, -0.15) is 0 Å². The topological polar surface area (TPSA) is 63.1 Å². The number of carbonyl (C=O) groups excluding carboxylic acids is 1. The van der Waals surface area contributed by atoms with E-state index in [1.165, 1.54) is 24.2 Å². The highest BCUT2D eigenvalue weighted by atomic mass is 32.1. The molecule has 0 radical (unpaired) electrons. The molecule has 1 saturated heterocycles. The third-order valence-corrected chi connectivity index (χ3v) is 5.25. The minimum Gasteiger partial charge on any atom is -0.347 e. The average molecular weight is 353 g/mol. The molecule has 3 aromatic rings. The van der Waals surface area contributed by atoms with Crippen LogP contribution < -0.4 is 10.2 Å². The molecule has 0 bridgehead atoms. The maximum Gasteiger partial charge on any atom is 0.268 e. The van der Waals surface area contributed by atoms with Crippen molar-refractivity contribution in [3.63, 3.8) is 0 Å². The van der Waals surface area contributed by atoms with Gasteiger partial charge in [-0.1, -0.05) is 41.7 Å². The fraction of sp³-hybridized carbons (Fsp3) is 0.278. The van der Waals surface area contributed by atoms with Crippen LogP contribution in [0.1, 0.15) is 28.9 Å². The second-order valence-electron chi connectivity index (χ2n) is 5.99. The van der Waals surface area contributed by atoms with Gasteiger partial charge in [-0.3, -0.25) is 9.36 Å². The van der Waals surface area contributed by atoms with Crippen LogP contribution in [0.5, 0.6) is 0 Å². The molecule has 4 rings (SSSR count). The van der Waals surface area contributed by atoms with Crippen LogP contribution in [-0.4, -0.2) is 33.8 Å². The molecule has 1 fully saturated rings. The zero-order chi connectivity index (χ0) is 17.1. The Hall–Kier alpha value is -2.67. The predicted octanol–water partition coefficient (Wildman–Crippen LogP) is 2.86. The van der Waals surface area contributed by atoms with Crippen molar-refractivity contribution in [2.75, 3.05) is 18.0 Å². The number of nitrogens with zero attached hydrogens (tertiary/aromatic N) is 4. The second kappa shape index (κ2) is 7.06. The van der Waals surface area contributed by atoms with Gasteiger partial charge in [0.05, 0.1) is 0 Å². The quantitative estimate of drug-likeness (QED) is 0.766. The Morgan fingerprint density at radius 2 is 1.80 bits per heavy atom. The summed E-state index contributed by atoms with van der Waals surface area (Å²) in [4.78, 5) is 14.8. The van der Waals surface area contributed by atoms with Gasteiger partial charge in [-0.25, -0.2) is 0 Å². The molecule has 1 aliphatic rings. The molecule has 2 aromatic heterocycles. The summed E-state index contributed by atoms with van der Waals surface area (Å²) < 4.78 is 1.80. The van der Waals surface area contributed by atoms with Gasteiger partial charge in [0.1, 0.15) is 5.69 Å². The lowest BCUT2D eigenvalue weighted by molar-refractivity contribution is 0.0944. The number of benzene rings is 1. The molecular formula is C18H19N5OS. The van der Waals surface area contributed by atoms with Gasteiger partial charge >= 0.3 is 0 Å². The van der Waals surface area contributed by atoms with Crippen LogP contribution in [0.4, 0.5) is 5.13 Å². The van der Waals surface area contributed by atoms with Gasteiger partial charge < -0.3 is 10.2 Å². The summed E-state index contributed by atoms with van der Waals surface area (Å²) in [5.74, 6) is -0.119. The minimum absolute atomic E-state index is 0.119. The molecule has 1 aliphatic heterocycles. The van der Waals surface area contributed by atoms with Crippen LogP contribution in [0.25, 0.3) is 5.13 Å². The Kier molecular flexibility index (Phi) is 4.47. The van der Waals surface area contributed by atoms with Gasteiger partial charge in [0.2, 0.25) is 10.3 Å². The van der Waals surface area contributed by atoms with Gasteiger partial charge in [-0.05, 0) is 30.5 Å². The number of rotatable bonds is 5. The number of carbonyl (C=O) groups is 1. The summed E-state index contributed by atoms with van der Waals surface area (Å²) in [6.07, 6.45) is 4.25. The summed E-state index contributed by atoms with van der Waals surface area (Å²) >= 11 is 1.52. The number of aromatic nitrogens is 3. The number of nitrogens with one attached hydrogen (secondary N) is 1. The van der Waals surface area contributed by atoms with Gasteiger partial charge in [0, 0.05) is 25.8 Å². The molecule has 1 amide bonds. The van der Waals surface area contributed by atoms with Crippen LogP contribution >= 0.6 is 11.3 Å². The highest BCUT2D eigenvalue weighted by Gasteiger charge is 2.19. The number of anilines is 1. The third-order valence-electron chi connectivity index (χ3n) is 4.26. The van der Waals surface area contributed by atoms with E-state index in [9.17, 15) is 4.79 Å². The average Bonchev–Trinajstić information content (AvgIpc) is 3.40. The standard InChI is InChI=1S/C18H19N5OS/c24-16(19-13-14-7-2-1-3-8-14)15-9-6-12-23(15)18-21-20-17(25-18)22-10-4-5-11-22/h1-3,6-9,12H,4-5,10-11,13H2,(H,19,24). The molecular weight excluding hydrogens is 334 g/mol. The largest absolute Gasteiger partial charge is 0.347 e. The van der Waals surface area contributed by atoms with Crippen LogP contribution in [0.15, 0.2) is 48.7 Å². The Bertz CT molecular complexity index is 851. The summed E-state index contributed by atoms with van der Waals surface area (Å²) in [6, 6.07) is 13.5. The normalized spacial score (nSPS) is 14.0. The first-order valence-corrected chi connectivity index (χ1v) is 9.21. The van der Waals surface area contributed by atoms with Crippen LogP contribution in [0.3, 0.4) is 0 Å². The van der Waals surface area contributed by atoms with Crippen molar-refractivity contribution < 1.29 is 4.79 Å². The van der Waals surface area contributed by atoms with Gasteiger partial charge in [-0.15, -0.1) is 10.2 Å². The van der Waals surface area contributed by atoms with Crippen molar-refractivity contribution in [1.29, 1.82) is 0 Å². The number of hydrogen-bond acceptors (Lipinski definition) is 5. The lowest BCUT2D eigenvalue weighted by atomic mass is 10.2. The minimum atomic E-state index is -0.119. The van der Waals surface area contributed by atoms with E-state index in [0.29, 0.717) is 12.2 Å². The zero-order valence-electron chi connectivity index (χ0n) is 13.8. The van der Waals surface area contributed by atoms with Crippen molar-refractivity contribution in [3.05, 3.63) is 59.9 Å². The van der Waals surface area contributed by atoms with Crippen LogP contribution in [-0.2, 0) is 6.54 Å². The Balaban J connectivity index is 1.49. The molecule has 0 atom stereocenters. The number of amides is 1. The molecule has 25 heavy (non-hydrogen) atoms. The van der Waals surface area contributed by atoms with E-state index in [0.717, 1.165) is 28.9 Å². The fourth-order valence-corrected chi connectivity index (χ4v) is 3.84. The molecule has 128 valence electrons. The zero-order valence-corrected chi connectivity index (χ0v) is 14.6. The molecule has 0 spiro atoms. The first-order valence-electron chi connectivity index (χ1n) is 8.39. The maximum absolute atomic E-state index is 12.6. The molecule has 0 saturated carbocycles. The van der Waals surface area contributed by atoms with Crippen molar-refractivity contribution in [2.24, 2.45) is 0 Å². The Labute approximate surface area is 150 Å². The van der Waals surface area contributed by atoms with E-state index in [1.807, 2.05) is 42.6 Å². The van der Waals surface area contributed by atoms with Crippen molar-refractivity contribution in [3.8, 4) is 5.13 Å². The van der Waals surface area contributed by atoms with E-state index >= 15 is 0 Å². The molecule has 6 nitrogen and oxygen atoms in total. The highest BCUT2D eigenvalue weighted by Crippen LogP contribution is 2.27. The number of hydrogen-bond donors (Lipinski definition) is 1. The molecule has 0 unspecified atom stereocenters. The Morgan fingerprint density at radius 3 is 2.60 bits per heavy atom. The van der Waals surface area contributed by atoms with Crippen molar-refractivity contribution in [1.82, 2.24) is 20.1 Å². The summed E-state index contributed by atoms with van der Waals surface area (Å²) in [6.45, 7) is 2.56. The third kappa shape index (κ3) is 3.41.